The van der Waals surface area contributed by atoms with Crippen LogP contribution in [0.15, 0.2) is 18.2 Å². The summed E-state index contributed by atoms with van der Waals surface area (Å²) < 4.78 is 0. The Balaban J connectivity index is 1.74. The molecule has 1 aliphatic carbocycles. The quantitative estimate of drug-likeness (QED) is 0.804. The van der Waals surface area contributed by atoms with E-state index in [4.69, 9.17) is 5.73 Å². The Kier molecular flexibility index (Phi) is 3.53. The van der Waals surface area contributed by atoms with Gasteiger partial charge in [0.15, 0.2) is 0 Å². The number of anilines is 2. The van der Waals surface area contributed by atoms with E-state index in [0.29, 0.717) is 5.56 Å². The summed E-state index contributed by atoms with van der Waals surface area (Å²) in [6.07, 6.45) is 2.71. The van der Waals surface area contributed by atoms with E-state index in [2.05, 4.69) is 15.1 Å². The van der Waals surface area contributed by atoms with Crippen LogP contribution < -0.4 is 16.0 Å². The van der Waals surface area contributed by atoms with Gasteiger partial charge >= 0.3 is 0 Å². The van der Waals surface area contributed by atoms with Crippen LogP contribution in [-0.4, -0.2) is 50.1 Å². The Hall–Kier alpha value is -1.75. The van der Waals surface area contributed by atoms with E-state index in [1.54, 1.807) is 13.1 Å². The van der Waals surface area contributed by atoms with Crippen molar-refractivity contribution in [2.75, 3.05) is 43.9 Å². The number of piperazine rings is 1. The van der Waals surface area contributed by atoms with Gasteiger partial charge in [-0.2, -0.15) is 0 Å². The first-order chi connectivity index (χ1) is 9.69. The van der Waals surface area contributed by atoms with Crippen LogP contribution in [0.3, 0.4) is 0 Å². The van der Waals surface area contributed by atoms with Crippen molar-refractivity contribution in [1.29, 1.82) is 0 Å². The van der Waals surface area contributed by atoms with Gasteiger partial charge in [-0.15, -0.1) is 0 Å². The van der Waals surface area contributed by atoms with E-state index in [0.717, 1.165) is 43.6 Å². The van der Waals surface area contributed by atoms with Gasteiger partial charge in [-0.25, -0.2) is 0 Å². The zero-order valence-corrected chi connectivity index (χ0v) is 11.9. The summed E-state index contributed by atoms with van der Waals surface area (Å²) in [5.41, 5.74) is 8.48. The van der Waals surface area contributed by atoms with Gasteiger partial charge < -0.3 is 16.0 Å². The summed E-state index contributed by atoms with van der Waals surface area (Å²) in [5.74, 6) is -0.0668. The molecule has 108 valence electrons. The average Bonchev–Trinajstić information content (AvgIpc) is 3.32. The third kappa shape index (κ3) is 2.58. The first-order valence-corrected chi connectivity index (χ1v) is 7.29. The van der Waals surface area contributed by atoms with Crippen molar-refractivity contribution < 1.29 is 4.79 Å². The number of nitrogen functional groups attached to an aromatic ring is 1. The van der Waals surface area contributed by atoms with E-state index in [1.165, 1.54) is 12.8 Å². The molecule has 2 fully saturated rings. The van der Waals surface area contributed by atoms with Crippen molar-refractivity contribution in [2.45, 2.75) is 18.9 Å². The summed E-state index contributed by atoms with van der Waals surface area (Å²) in [6, 6.07) is 6.33. The SMILES string of the molecule is CNC(=O)c1ccc(N)c(N2CCN(C3CC3)CC2)c1. The lowest BCUT2D eigenvalue weighted by Crippen LogP contribution is -2.47. The minimum absolute atomic E-state index is 0.0668. The largest absolute Gasteiger partial charge is 0.397 e. The van der Waals surface area contributed by atoms with Gasteiger partial charge in [0.25, 0.3) is 5.91 Å². The van der Waals surface area contributed by atoms with Crippen molar-refractivity contribution in [2.24, 2.45) is 0 Å². The second-order valence-corrected chi connectivity index (χ2v) is 5.61. The molecule has 0 bridgehead atoms. The maximum Gasteiger partial charge on any atom is 0.251 e. The molecule has 0 aromatic heterocycles. The molecule has 0 unspecified atom stereocenters. The predicted octanol–water partition coefficient (Wildman–Crippen LogP) is 0.913. The highest BCUT2D eigenvalue weighted by molar-refractivity contribution is 5.96. The molecule has 1 aromatic carbocycles. The van der Waals surface area contributed by atoms with Gasteiger partial charge in [0.2, 0.25) is 0 Å². The van der Waals surface area contributed by atoms with Crippen LogP contribution in [0.2, 0.25) is 0 Å². The highest BCUT2D eigenvalue weighted by atomic mass is 16.1. The van der Waals surface area contributed by atoms with E-state index >= 15 is 0 Å². The van der Waals surface area contributed by atoms with Gasteiger partial charge in [0, 0.05) is 44.8 Å². The van der Waals surface area contributed by atoms with Crippen LogP contribution in [-0.2, 0) is 0 Å². The second-order valence-electron chi connectivity index (χ2n) is 5.61. The highest BCUT2D eigenvalue weighted by Crippen LogP contribution is 2.30. The molecule has 1 heterocycles. The lowest BCUT2D eigenvalue weighted by atomic mass is 10.1. The fourth-order valence-corrected chi connectivity index (χ4v) is 2.87. The summed E-state index contributed by atoms with van der Waals surface area (Å²) >= 11 is 0. The highest BCUT2D eigenvalue weighted by Gasteiger charge is 2.31. The number of benzene rings is 1. The van der Waals surface area contributed by atoms with Crippen LogP contribution in [0.1, 0.15) is 23.2 Å². The minimum Gasteiger partial charge on any atom is -0.397 e. The maximum absolute atomic E-state index is 11.7. The maximum atomic E-state index is 11.7. The standard InChI is InChI=1S/C15H22N4O/c1-17-15(20)11-2-5-13(16)14(10-11)19-8-6-18(7-9-19)12-3-4-12/h2,5,10,12H,3-4,6-9,16H2,1H3,(H,17,20). The van der Waals surface area contributed by atoms with Crippen molar-refractivity contribution in [3.05, 3.63) is 23.8 Å². The summed E-state index contributed by atoms with van der Waals surface area (Å²) in [6.45, 7) is 4.15. The minimum atomic E-state index is -0.0668. The van der Waals surface area contributed by atoms with Crippen molar-refractivity contribution in [3.63, 3.8) is 0 Å². The van der Waals surface area contributed by atoms with Crippen molar-refractivity contribution in [1.82, 2.24) is 10.2 Å². The first-order valence-electron chi connectivity index (χ1n) is 7.29. The van der Waals surface area contributed by atoms with Crippen LogP contribution >= 0.6 is 0 Å². The number of nitrogens with one attached hydrogen (secondary N) is 1. The van der Waals surface area contributed by atoms with Gasteiger partial charge in [0.1, 0.15) is 0 Å². The van der Waals surface area contributed by atoms with Crippen LogP contribution in [0.5, 0.6) is 0 Å². The smallest absolute Gasteiger partial charge is 0.251 e. The molecule has 2 aliphatic rings. The molecular formula is C15H22N4O. The third-order valence-electron chi connectivity index (χ3n) is 4.24. The average molecular weight is 274 g/mol. The number of amides is 1. The molecule has 3 rings (SSSR count). The number of nitrogens with two attached hydrogens (primary N) is 1. The van der Waals surface area contributed by atoms with Crippen LogP contribution in [0.4, 0.5) is 11.4 Å². The van der Waals surface area contributed by atoms with Crippen molar-refractivity contribution in [3.8, 4) is 0 Å². The molecule has 1 aromatic rings. The normalized spacial score (nSPS) is 19.9. The topological polar surface area (TPSA) is 61.6 Å². The second kappa shape index (κ2) is 5.32. The Bertz CT molecular complexity index is 505. The molecule has 1 amide bonds. The number of carbonyl (C=O) groups excluding carboxylic acids is 1. The van der Waals surface area contributed by atoms with E-state index in [1.807, 2.05) is 12.1 Å². The zero-order valence-electron chi connectivity index (χ0n) is 11.9. The van der Waals surface area contributed by atoms with E-state index < -0.39 is 0 Å². The molecule has 1 saturated carbocycles. The molecule has 20 heavy (non-hydrogen) atoms. The summed E-state index contributed by atoms with van der Waals surface area (Å²) in [5, 5.41) is 2.65. The molecule has 0 atom stereocenters. The molecule has 1 saturated heterocycles. The van der Waals surface area contributed by atoms with Crippen LogP contribution in [0.25, 0.3) is 0 Å². The third-order valence-corrected chi connectivity index (χ3v) is 4.24. The summed E-state index contributed by atoms with van der Waals surface area (Å²) in [4.78, 5) is 16.6. The Morgan fingerprint density at radius 1 is 1.25 bits per heavy atom. The lowest BCUT2D eigenvalue weighted by molar-refractivity contribution is 0.0963. The monoisotopic (exact) mass is 274 g/mol. The molecule has 0 radical (unpaired) electrons. The molecular weight excluding hydrogens is 252 g/mol. The van der Waals surface area contributed by atoms with Gasteiger partial charge in [-0.1, -0.05) is 0 Å². The number of hydrogen-bond acceptors (Lipinski definition) is 4. The van der Waals surface area contributed by atoms with Gasteiger partial charge in [-0.05, 0) is 31.0 Å². The summed E-state index contributed by atoms with van der Waals surface area (Å²) in [7, 11) is 1.65. The number of nitrogens with zero attached hydrogens (tertiary/aromatic N) is 2. The zero-order chi connectivity index (χ0) is 14.1. The lowest BCUT2D eigenvalue weighted by Gasteiger charge is -2.36. The Labute approximate surface area is 119 Å². The number of hydrogen-bond donors (Lipinski definition) is 2. The van der Waals surface area contributed by atoms with Crippen LogP contribution in [0, 0.1) is 0 Å². The molecule has 5 nitrogen and oxygen atoms in total. The molecule has 3 N–H and O–H groups in total. The van der Waals surface area contributed by atoms with Gasteiger partial charge in [-0.3, -0.25) is 9.69 Å². The van der Waals surface area contributed by atoms with Gasteiger partial charge in [0.05, 0.1) is 11.4 Å². The first kappa shape index (κ1) is 13.2. The van der Waals surface area contributed by atoms with Crippen molar-refractivity contribution >= 4 is 17.3 Å². The number of rotatable bonds is 3. The van der Waals surface area contributed by atoms with E-state index in [-0.39, 0.29) is 5.91 Å². The fraction of sp³-hybridized carbons (Fsp3) is 0.533. The Morgan fingerprint density at radius 3 is 2.55 bits per heavy atom. The predicted molar refractivity (Wildman–Crippen MR) is 81.1 cm³/mol. The molecule has 1 aliphatic heterocycles. The Morgan fingerprint density at radius 2 is 1.95 bits per heavy atom. The van der Waals surface area contributed by atoms with E-state index in [9.17, 15) is 4.79 Å². The molecule has 0 spiro atoms. The fourth-order valence-electron chi connectivity index (χ4n) is 2.87. The number of carbonyl (C=O) groups is 1. The molecule has 5 heteroatoms.